The lowest BCUT2D eigenvalue weighted by atomic mass is 10.2. The molecule has 0 aromatic rings. The fraction of sp³-hybridized carbons (Fsp3) is 1.00. The quantitative estimate of drug-likeness (QED) is 0.687. The van der Waals surface area contributed by atoms with Crippen molar-refractivity contribution < 1.29 is 0 Å². The molecule has 4 heteroatoms. The van der Waals surface area contributed by atoms with E-state index in [-0.39, 0.29) is 0 Å². The molecule has 0 amide bonds. The average Bonchev–Trinajstić information content (AvgIpc) is 2.37. The summed E-state index contributed by atoms with van der Waals surface area (Å²) in [7, 11) is 4.49. The maximum Gasteiger partial charge on any atom is 0.00508 e. The Morgan fingerprint density at radius 2 is 1.37 bits per heavy atom. The Morgan fingerprint density at radius 3 is 2.05 bits per heavy atom. The molecule has 0 aromatic carbocycles. The van der Waals surface area contributed by atoms with Crippen LogP contribution in [0.15, 0.2) is 0 Å². The fourth-order valence-corrected chi connectivity index (χ4v) is 2.55. The van der Waals surface area contributed by atoms with Crippen molar-refractivity contribution in [3.8, 4) is 0 Å². The number of rotatable bonds is 0. The molecule has 114 valence electrons. The van der Waals surface area contributed by atoms with Gasteiger partial charge in [-0.15, -0.1) is 0 Å². The van der Waals surface area contributed by atoms with Crippen molar-refractivity contribution in [2.24, 2.45) is 0 Å². The molecule has 0 bridgehead atoms. The van der Waals surface area contributed by atoms with E-state index in [1.165, 1.54) is 51.9 Å². The molecular weight excluding hydrogens is 236 g/mol. The highest BCUT2D eigenvalue weighted by atomic mass is 15.1. The maximum absolute atomic E-state index is 3.62. The minimum atomic E-state index is 0.633. The van der Waals surface area contributed by atoms with Crippen LogP contribution in [-0.2, 0) is 0 Å². The number of nitrogens with one attached hydrogen (secondary N) is 2. The first-order valence-electron chi connectivity index (χ1n) is 7.99. The third kappa shape index (κ3) is 9.38. The van der Waals surface area contributed by atoms with Crippen LogP contribution in [0.1, 0.15) is 32.6 Å². The predicted octanol–water partition coefficient (Wildman–Crippen LogP) is 0.992. The number of nitrogens with zero attached hydrogens (tertiary/aromatic N) is 2. The maximum atomic E-state index is 3.62. The second-order valence-corrected chi connectivity index (χ2v) is 6.06. The summed E-state index contributed by atoms with van der Waals surface area (Å²) in [5, 5.41) is 7.17. The van der Waals surface area contributed by atoms with Gasteiger partial charge in [0.25, 0.3) is 0 Å². The summed E-state index contributed by atoms with van der Waals surface area (Å²) in [6.07, 6.45) is 5.02. The van der Waals surface area contributed by atoms with Crippen molar-refractivity contribution in [3.63, 3.8) is 0 Å². The molecule has 1 rings (SSSR count). The second kappa shape index (κ2) is 10.6. The summed E-state index contributed by atoms with van der Waals surface area (Å²) in [5.41, 5.74) is 0. The van der Waals surface area contributed by atoms with Crippen LogP contribution in [0.2, 0.25) is 0 Å². The molecule has 0 radical (unpaired) electrons. The van der Waals surface area contributed by atoms with E-state index >= 15 is 0 Å². The van der Waals surface area contributed by atoms with Crippen LogP contribution in [0.3, 0.4) is 0 Å². The Balaban J connectivity index is 2.26. The van der Waals surface area contributed by atoms with Crippen LogP contribution in [0.5, 0.6) is 0 Å². The summed E-state index contributed by atoms with van der Waals surface area (Å²) < 4.78 is 0. The van der Waals surface area contributed by atoms with E-state index in [0.717, 1.165) is 19.6 Å². The second-order valence-electron chi connectivity index (χ2n) is 6.06. The molecule has 1 saturated heterocycles. The van der Waals surface area contributed by atoms with Gasteiger partial charge in [-0.05, 0) is 92.5 Å². The first-order valence-corrected chi connectivity index (χ1v) is 7.99. The highest BCUT2D eigenvalue weighted by Gasteiger charge is 2.04. The fourth-order valence-electron chi connectivity index (χ4n) is 2.55. The molecule has 1 atom stereocenters. The Bertz CT molecular complexity index is 210. The van der Waals surface area contributed by atoms with Gasteiger partial charge in [-0.25, -0.2) is 0 Å². The third-order valence-corrected chi connectivity index (χ3v) is 3.94. The van der Waals surface area contributed by atoms with E-state index < -0.39 is 0 Å². The summed E-state index contributed by atoms with van der Waals surface area (Å²) in [4.78, 5) is 4.93. The van der Waals surface area contributed by atoms with Gasteiger partial charge in [0, 0.05) is 6.04 Å². The summed E-state index contributed by atoms with van der Waals surface area (Å²) in [5.74, 6) is 0. The number of hydrogen-bond donors (Lipinski definition) is 2. The monoisotopic (exact) mass is 270 g/mol. The van der Waals surface area contributed by atoms with E-state index in [2.05, 4.69) is 41.5 Å². The number of hydrogen-bond acceptors (Lipinski definition) is 4. The molecule has 1 unspecified atom stereocenters. The normalized spacial score (nSPS) is 28.3. The highest BCUT2D eigenvalue weighted by molar-refractivity contribution is 4.65. The Kier molecular flexibility index (Phi) is 9.43. The van der Waals surface area contributed by atoms with Crippen LogP contribution in [0, 0.1) is 0 Å². The van der Waals surface area contributed by atoms with Crippen molar-refractivity contribution >= 4 is 0 Å². The van der Waals surface area contributed by atoms with Crippen LogP contribution in [0.4, 0.5) is 0 Å². The zero-order valence-electron chi connectivity index (χ0n) is 13.2. The van der Waals surface area contributed by atoms with Crippen molar-refractivity contribution in [2.45, 2.75) is 38.6 Å². The SMILES string of the molecule is CC1CCNCCCN(C)CCCN(C)CCCN1. The van der Waals surface area contributed by atoms with Gasteiger partial charge in [0.15, 0.2) is 0 Å². The van der Waals surface area contributed by atoms with Crippen LogP contribution < -0.4 is 10.6 Å². The summed E-state index contributed by atoms with van der Waals surface area (Å²) in [6.45, 7) is 10.6. The van der Waals surface area contributed by atoms with Gasteiger partial charge in [0.1, 0.15) is 0 Å². The van der Waals surface area contributed by atoms with Crippen LogP contribution in [0.25, 0.3) is 0 Å². The smallest absolute Gasteiger partial charge is 0.00508 e. The average molecular weight is 270 g/mol. The summed E-state index contributed by atoms with van der Waals surface area (Å²) >= 11 is 0. The van der Waals surface area contributed by atoms with Gasteiger partial charge < -0.3 is 20.4 Å². The van der Waals surface area contributed by atoms with Crippen molar-refractivity contribution in [1.29, 1.82) is 0 Å². The van der Waals surface area contributed by atoms with E-state index in [4.69, 9.17) is 0 Å². The van der Waals surface area contributed by atoms with Gasteiger partial charge >= 0.3 is 0 Å². The lowest BCUT2D eigenvalue weighted by molar-refractivity contribution is 0.271. The molecule has 2 N–H and O–H groups in total. The molecule has 4 nitrogen and oxygen atoms in total. The molecule has 0 aromatic heterocycles. The third-order valence-electron chi connectivity index (χ3n) is 3.94. The minimum absolute atomic E-state index is 0.633. The van der Waals surface area contributed by atoms with E-state index in [1.807, 2.05) is 0 Å². The van der Waals surface area contributed by atoms with E-state index in [9.17, 15) is 0 Å². The van der Waals surface area contributed by atoms with Crippen LogP contribution in [-0.4, -0.2) is 75.8 Å². The van der Waals surface area contributed by atoms with Crippen LogP contribution >= 0.6 is 0 Å². The molecule has 19 heavy (non-hydrogen) atoms. The zero-order chi connectivity index (χ0) is 13.9. The minimum Gasteiger partial charge on any atom is -0.317 e. The molecule has 1 heterocycles. The molecule has 1 aliphatic heterocycles. The standard InChI is InChI=1S/C15H34N4/c1-15-7-10-16-8-4-11-18(2)13-6-14-19(3)12-5-9-17-15/h15-17H,4-14H2,1-3H3. The Hall–Kier alpha value is -0.160. The van der Waals surface area contributed by atoms with Gasteiger partial charge in [-0.3, -0.25) is 0 Å². The first kappa shape index (κ1) is 16.9. The van der Waals surface area contributed by atoms with Crippen molar-refractivity contribution in [1.82, 2.24) is 20.4 Å². The van der Waals surface area contributed by atoms with E-state index in [1.54, 1.807) is 0 Å². The highest BCUT2D eigenvalue weighted by Crippen LogP contribution is 1.96. The molecular formula is C15H34N4. The molecule has 0 saturated carbocycles. The molecule has 1 aliphatic rings. The van der Waals surface area contributed by atoms with Crippen molar-refractivity contribution in [2.75, 3.05) is 59.9 Å². The predicted molar refractivity (Wildman–Crippen MR) is 83.8 cm³/mol. The Morgan fingerprint density at radius 1 is 0.789 bits per heavy atom. The van der Waals surface area contributed by atoms with Gasteiger partial charge in [-0.2, -0.15) is 0 Å². The topological polar surface area (TPSA) is 30.5 Å². The lowest BCUT2D eigenvalue weighted by Gasteiger charge is -2.22. The lowest BCUT2D eigenvalue weighted by Crippen LogP contribution is -2.34. The first-order chi connectivity index (χ1) is 9.18. The van der Waals surface area contributed by atoms with Gasteiger partial charge in [0.2, 0.25) is 0 Å². The molecule has 1 fully saturated rings. The van der Waals surface area contributed by atoms with Crippen molar-refractivity contribution in [3.05, 3.63) is 0 Å². The summed E-state index contributed by atoms with van der Waals surface area (Å²) in [6, 6.07) is 0.633. The van der Waals surface area contributed by atoms with E-state index in [0.29, 0.717) is 6.04 Å². The molecule has 0 aliphatic carbocycles. The van der Waals surface area contributed by atoms with Gasteiger partial charge in [0.05, 0.1) is 0 Å². The largest absolute Gasteiger partial charge is 0.317 e. The zero-order valence-corrected chi connectivity index (χ0v) is 13.2. The Labute approximate surface area is 119 Å². The molecule has 0 spiro atoms. The van der Waals surface area contributed by atoms with Gasteiger partial charge in [-0.1, -0.05) is 0 Å².